The summed E-state index contributed by atoms with van der Waals surface area (Å²) in [4.78, 5) is 12.5. The number of rotatable bonds is 3. The Kier molecular flexibility index (Phi) is 3.51. The monoisotopic (exact) mass is 298 g/mol. The van der Waals surface area contributed by atoms with Crippen molar-refractivity contribution in [2.75, 3.05) is 0 Å². The SMILES string of the molecule is O=C(Cc1cccc(F)c1)c1cc(Br)cs1. The molecule has 1 nitrogen and oxygen atoms in total. The summed E-state index contributed by atoms with van der Waals surface area (Å²) >= 11 is 4.69. The predicted molar refractivity (Wildman–Crippen MR) is 66.5 cm³/mol. The van der Waals surface area contributed by atoms with Crippen LogP contribution in [0.1, 0.15) is 15.2 Å². The second-order valence-electron chi connectivity index (χ2n) is 3.36. The van der Waals surface area contributed by atoms with Gasteiger partial charge < -0.3 is 0 Å². The van der Waals surface area contributed by atoms with Gasteiger partial charge in [0, 0.05) is 16.3 Å². The highest BCUT2D eigenvalue weighted by molar-refractivity contribution is 9.10. The van der Waals surface area contributed by atoms with Crippen molar-refractivity contribution in [2.24, 2.45) is 0 Å². The Labute approximate surface area is 105 Å². The van der Waals surface area contributed by atoms with Crippen molar-refractivity contribution in [1.82, 2.24) is 0 Å². The van der Waals surface area contributed by atoms with Gasteiger partial charge in [-0.15, -0.1) is 11.3 Å². The van der Waals surface area contributed by atoms with E-state index in [4.69, 9.17) is 0 Å². The van der Waals surface area contributed by atoms with Crippen molar-refractivity contribution < 1.29 is 9.18 Å². The number of benzene rings is 1. The standard InChI is InChI=1S/C12H8BrFOS/c13-9-6-12(16-7-9)11(15)5-8-2-1-3-10(14)4-8/h1-4,6-7H,5H2. The average Bonchev–Trinajstić information content (AvgIpc) is 2.65. The summed E-state index contributed by atoms with van der Waals surface area (Å²) in [6, 6.07) is 7.91. The van der Waals surface area contributed by atoms with Crippen LogP contribution in [0.25, 0.3) is 0 Å². The molecule has 0 saturated carbocycles. The Morgan fingerprint density at radius 2 is 2.19 bits per heavy atom. The van der Waals surface area contributed by atoms with Gasteiger partial charge in [-0.2, -0.15) is 0 Å². The van der Waals surface area contributed by atoms with E-state index in [2.05, 4.69) is 15.9 Å². The van der Waals surface area contributed by atoms with Gasteiger partial charge in [0.05, 0.1) is 4.88 Å². The lowest BCUT2D eigenvalue weighted by molar-refractivity contribution is 0.0997. The second kappa shape index (κ2) is 4.89. The summed E-state index contributed by atoms with van der Waals surface area (Å²) in [7, 11) is 0. The molecular weight excluding hydrogens is 291 g/mol. The van der Waals surface area contributed by atoms with E-state index >= 15 is 0 Å². The van der Waals surface area contributed by atoms with Crippen LogP contribution in [0, 0.1) is 5.82 Å². The fraction of sp³-hybridized carbons (Fsp3) is 0.0833. The zero-order valence-electron chi connectivity index (χ0n) is 8.24. The van der Waals surface area contributed by atoms with Crippen LogP contribution in [0.4, 0.5) is 4.39 Å². The van der Waals surface area contributed by atoms with E-state index in [0.29, 0.717) is 10.4 Å². The van der Waals surface area contributed by atoms with Gasteiger partial charge in [-0.25, -0.2) is 4.39 Å². The number of carbonyl (C=O) groups is 1. The highest BCUT2D eigenvalue weighted by Gasteiger charge is 2.09. The molecule has 4 heteroatoms. The minimum Gasteiger partial charge on any atom is -0.293 e. The van der Waals surface area contributed by atoms with E-state index in [1.54, 1.807) is 18.2 Å². The molecule has 0 aliphatic heterocycles. The van der Waals surface area contributed by atoms with Crippen molar-refractivity contribution in [2.45, 2.75) is 6.42 Å². The third kappa shape index (κ3) is 2.77. The van der Waals surface area contributed by atoms with E-state index in [1.165, 1.54) is 23.5 Å². The number of halogens is 2. The molecule has 0 atom stereocenters. The van der Waals surface area contributed by atoms with E-state index in [0.717, 1.165) is 4.47 Å². The topological polar surface area (TPSA) is 17.1 Å². The zero-order chi connectivity index (χ0) is 11.5. The summed E-state index contributed by atoms with van der Waals surface area (Å²) in [5.74, 6) is -0.293. The van der Waals surface area contributed by atoms with E-state index in [9.17, 15) is 9.18 Å². The van der Waals surface area contributed by atoms with Gasteiger partial charge in [0.25, 0.3) is 0 Å². The first-order valence-electron chi connectivity index (χ1n) is 4.67. The number of hydrogen-bond donors (Lipinski definition) is 0. The Bertz CT molecular complexity index is 521. The molecule has 82 valence electrons. The van der Waals surface area contributed by atoms with Crippen LogP contribution in [-0.4, -0.2) is 5.78 Å². The molecule has 2 aromatic rings. The summed E-state index contributed by atoms with van der Waals surface area (Å²) in [6.45, 7) is 0. The molecule has 0 N–H and O–H groups in total. The van der Waals surface area contributed by atoms with Gasteiger partial charge >= 0.3 is 0 Å². The fourth-order valence-electron chi connectivity index (χ4n) is 1.38. The summed E-state index contributed by atoms with van der Waals surface area (Å²) < 4.78 is 13.8. The summed E-state index contributed by atoms with van der Waals surface area (Å²) in [5.41, 5.74) is 0.703. The van der Waals surface area contributed by atoms with Crippen molar-refractivity contribution >= 4 is 33.0 Å². The molecule has 0 bridgehead atoms. The fourth-order valence-corrected chi connectivity index (χ4v) is 2.75. The first kappa shape index (κ1) is 11.5. The number of Topliss-reactive ketones (excluding diaryl/α,β-unsaturated/α-hetero) is 1. The quantitative estimate of drug-likeness (QED) is 0.781. The average molecular weight is 299 g/mol. The predicted octanol–water partition coefficient (Wildman–Crippen LogP) is 4.08. The molecule has 0 aliphatic rings. The van der Waals surface area contributed by atoms with Crippen LogP contribution >= 0.6 is 27.3 Å². The van der Waals surface area contributed by atoms with Gasteiger partial charge in [0.2, 0.25) is 0 Å². The van der Waals surface area contributed by atoms with Gasteiger partial charge in [0.1, 0.15) is 5.82 Å². The van der Waals surface area contributed by atoms with E-state index in [-0.39, 0.29) is 18.0 Å². The molecule has 0 saturated heterocycles. The third-order valence-electron chi connectivity index (χ3n) is 2.10. The van der Waals surface area contributed by atoms with Gasteiger partial charge in [0.15, 0.2) is 5.78 Å². The second-order valence-corrected chi connectivity index (χ2v) is 5.19. The Hall–Kier alpha value is -1.000. The van der Waals surface area contributed by atoms with E-state index < -0.39 is 0 Å². The molecular formula is C12H8BrFOS. The van der Waals surface area contributed by atoms with Crippen LogP contribution in [0.5, 0.6) is 0 Å². The Morgan fingerprint density at radius 1 is 1.38 bits per heavy atom. The van der Waals surface area contributed by atoms with E-state index in [1.807, 2.05) is 5.38 Å². The maximum absolute atomic E-state index is 12.9. The Balaban J connectivity index is 2.13. The molecule has 0 unspecified atom stereocenters. The maximum atomic E-state index is 12.9. The highest BCUT2D eigenvalue weighted by Crippen LogP contribution is 2.21. The van der Waals surface area contributed by atoms with Crippen molar-refractivity contribution in [3.05, 3.63) is 56.4 Å². The number of hydrogen-bond acceptors (Lipinski definition) is 2. The molecule has 0 fully saturated rings. The maximum Gasteiger partial charge on any atom is 0.177 e. The zero-order valence-corrected chi connectivity index (χ0v) is 10.6. The van der Waals surface area contributed by atoms with Crippen molar-refractivity contribution in [3.8, 4) is 0 Å². The van der Waals surface area contributed by atoms with Crippen LogP contribution in [0.3, 0.4) is 0 Å². The molecule has 0 spiro atoms. The first-order valence-corrected chi connectivity index (χ1v) is 6.34. The van der Waals surface area contributed by atoms with Crippen molar-refractivity contribution in [3.63, 3.8) is 0 Å². The normalized spacial score (nSPS) is 10.4. The molecule has 0 amide bonds. The molecule has 1 aromatic heterocycles. The highest BCUT2D eigenvalue weighted by atomic mass is 79.9. The molecule has 16 heavy (non-hydrogen) atoms. The number of thiophene rings is 1. The third-order valence-corrected chi connectivity index (χ3v) is 3.83. The smallest absolute Gasteiger partial charge is 0.177 e. The first-order chi connectivity index (χ1) is 7.65. The lowest BCUT2D eigenvalue weighted by atomic mass is 10.1. The van der Waals surface area contributed by atoms with Gasteiger partial charge in [-0.3, -0.25) is 4.79 Å². The van der Waals surface area contributed by atoms with Gasteiger partial charge in [-0.1, -0.05) is 12.1 Å². The van der Waals surface area contributed by atoms with Crippen LogP contribution in [-0.2, 0) is 6.42 Å². The Morgan fingerprint density at radius 3 is 2.81 bits per heavy atom. The van der Waals surface area contributed by atoms with Crippen LogP contribution in [0.15, 0.2) is 40.2 Å². The van der Waals surface area contributed by atoms with Crippen molar-refractivity contribution in [1.29, 1.82) is 0 Å². The molecule has 0 radical (unpaired) electrons. The minimum atomic E-state index is -0.308. The lowest BCUT2D eigenvalue weighted by Gasteiger charge is -1.98. The number of ketones is 1. The minimum absolute atomic E-state index is 0.0151. The van der Waals surface area contributed by atoms with Crippen LogP contribution in [0.2, 0.25) is 0 Å². The molecule has 0 aliphatic carbocycles. The molecule has 1 aromatic carbocycles. The number of carbonyl (C=O) groups excluding carboxylic acids is 1. The summed E-state index contributed by atoms with van der Waals surface area (Å²) in [5, 5.41) is 1.86. The summed E-state index contributed by atoms with van der Waals surface area (Å²) in [6.07, 6.45) is 0.241. The molecule has 1 heterocycles. The van der Waals surface area contributed by atoms with Gasteiger partial charge in [-0.05, 0) is 39.7 Å². The van der Waals surface area contributed by atoms with Crippen LogP contribution < -0.4 is 0 Å². The molecule has 2 rings (SSSR count). The lowest BCUT2D eigenvalue weighted by Crippen LogP contribution is -2.01. The largest absolute Gasteiger partial charge is 0.293 e.